The summed E-state index contributed by atoms with van der Waals surface area (Å²) in [5.74, 6) is 3.03. The van der Waals surface area contributed by atoms with Crippen LogP contribution in [-0.4, -0.2) is 12.6 Å². The first-order chi connectivity index (χ1) is 11.9. The van der Waals surface area contributed by atoms with Gasteiger partial charge in [0.1, 0.15) is 0 Å². The lowest BCUT2D eigenvalue weighted by Gasteiger charge is -2.16. The third-order valence-electron chi connectivity index (χ3n) is 5.70. The standard InChI is InChI=1S/C23H46O2/c1-7-19(3)12-9-13-20(4)14-10-15-21(5)16-11-17-22(6)18-23(24)25-8-2/h19-22H,7-18H2,1-6H3. The van der Waals surface area contributed by atoms with Gasteiger partial charge in [-0.1, -0.05) is 98.8 Å². The molecule has 0 N–H and O–H groups in total. The summed E-state index contributed by atoms with van der Waals surface area (Å²) in [5, 5.41) is 0. The molecule has 0 aliphatic heterocycles. The SMILES string of the molecule is CCOC(=O)CC(C)CCCC(C)CCCC(C)CCCC(C)CC. The lowest BCUT2D eigenvalue weighted by molar-refractivity contribution is -0.144. The fraction of sp³-hybridized carbons (Fsp3) is 0.957. The summed E-state index contributed by atoms with van der Waals surface area (Å²) in [4.78, 5) is 11.5. The van der Waals surface area contributed by atoms with E-state index in [9.17, 15) is 4.79 Å². The normalized spacial score (nSPS) is 16.2. The van der Waals surface area contributed by atoms with Crippen molar-refractivity contribution in [2.24, 2.45) is 23.7 Å². The van der Waals surface area contributed by atoms with E-state index < -0.39 is 0 Å². The van der Waals surface area contributed by atoms with Gasteiger partial charge in [0.15, 0.2) is 0 Å². The van der Waals surface area contributed by atoms with E-state index in [1.165, 1.54) is 57.8 Å². The Hall–Kier alpha value is -0.530. The first-order valence-corrected chi connectivity index (χ1v) is 11.0. The Labute approximate surface area is 158 Å². The van der Waals surface area contributed by atoms with Crippen LogP contribution in [0.15, 0.2) is 0 Å². The average Bonchev–Trinajstić information content (AvgIpc) is 2.54. The Morgan fingerprint density at radius 3 is 1.48 bits per heavy atom. The van der Waals surface area contributed by atoms with Crippen molar-refractivity contribution in [3.63, 3.8) is 0 Å². The van der Waals surface area contributed by atoms with E-state index in [0.29, 0.717) is 18.9 Å². The molecular formula is C23H46O2. The van der Waals surface area contributed by atoms with Crippen LogP contribution in [0.2, 0.25) is 0 Å². The molecule has 0 amide bonds. The first kappa shape index (κ1) is 24.5. The molecule has 0 aromatic heterocycles. The molecule has 2 nitrogen and oxygen atoms in total. The molecule has 0 bridgehead atoms. The van der Waals surface area contributed by atoms with Crippen molar-refractivity contribution < 1.29 is 9.53 Å². The number of carbonyl (C=O) groups is 1. The Balaban J connectivity index is 3.60. The monoisotopic (exact) mass is 354 g/mol. The maximum atomic E-state index is 11.5. The van der Waals surface area contributed by atoms with Crippen molar-refractivity contribution in [3.05, 3.63) is 0 Å². The fourth-order valence-corrected chi connectivity index (χ4v) is 3.54. The summed E-state index contributed by atoms with van der Waals surface area (Å²) in [7, 11) is 0. The van der Waals surface area contributed by atoms with Crippen LogP contribution < -0.4 is 0 Å². The molecule has 150 valence electrons. The zero-order chi connectivity index (χ0) is 19.1. The molecule has 0 aliphatic carbocycles. The van der Waals surface area contributed by atoms with Gasteiger partial charge in [0.05, 0.1) is 6.61 Å². The summed E-state index contributed by atoms with van der Waals surface area (Å²) >= 11 is 0. The van der Waals surface area contributed by atoms with Crippen molar-refractivity contribution >= 4 is 5.97 Å². The van der Waals surface area contributed by atoms with Gasteiger partial charge in [0.25, 0.3) is 0 Å². The highest BCUT2D eigenvalue weighted by molar-refractivity contribution is 5.69. The van der Waals surface area contributed by atoms with E-state index in [4.69, 9.17) is 4.74 Å². The van der Waals surface area contributed by atoms with Gasteiger partial charge in [-0.2, -0.15) is 0 Å². The summed E-state index contributed by atoms with van der Waals surface area (Å²) in [6.07, 6.45) is 13.9. The number of hydrogen-bond donors (Lipinski definition) is 0. The summed E-state index contributed by atoms with van der Waals surface area (Å²) in [6.45, 7) is 14.0. The van der Waals surface area contributed by atoms with Crippen LogP contribution in [0.5, 0.6) is 0 Å². The number of hydrogen-bond acceptors (Lipinski definition) is 2. The van der Waals surface area contributed by atoms with E-state index in [1.54, 1.807) is 0 Å². The smallest absolute Gasteiger partial charge is 0.306 e. The summed E-state index contributed by atoms with van der Waals surface area (Å²) in [6, 6.07) is 0. The Morgan fingerprint density at radius 1 is 0.680 bits per heavy atom. The van der Waals surface area contributed by atoms with Crippen LogP contribution in [0, 0.1) is 23.7 Å². The Kier molecular flexibility index (Phi) is 15.4. The van der Waals surface area contributed by atoms with Gasteiger partial charge in [-0.25, -0.2) is 0 Å². The number of carbonyl (C=O) groups excluding carboxylic acids is 1. The van der Waals surface area contributed by atoms with E-state index in [2.05, 4.69) is 34.6 Å². The minimum atomic E-state index is -0.0367. The third kappa shape index (κ3) is 15.4. The minimum absolute atomic E-state index is 0.0367. The van der Waals surface area contributed by atoms with E-state index in [-0.39, 0.29) is 5.97 Å². The van der Waals surface area contributed by atoms with Crippen LogP contribution in [-0.2, 0) is 9.53 Å². The first-order valence-electron chi connectivity index (χ1n) is 11.0. The van der Waals surface area contributed by atoms with Crippen LogP contribution in [0.4, 0.5) is 0 Å². The predicted octanol–water partition coefficient (Wildman–Crippen LogP) is 7.40. The number of rotatable bonds is 16. The van der Waals surface area contributed by atoms with Crippen molar-refractivity contribution in [1.29, 1.82) is 0 Å². The quantitative estimate of drug-likeness (QED) is 0.270. The van der Waals surface area contributed by atoms with Crippen molar-refractivity contribution in [2.75, 3.05) is 6.61 Å². The molecule has 0 saturated heterocycles. The molecule has 0 rings (SSSR count). The van der Waals surface area contributed by atoms with Crippen molar-refractivity contribution in [2.45, 2.75) is 112 Å². The molecule has 0 fully saturated rings. The summed E-state index contributed by atoms with van der Waals surface area (Å²) < 4.78 is 5.02. The second kappa shape index (κ2) is 15.7. The van der Waals surface area contributed by atoms with Gasteiger partial charge in [-0.15, -0.1) is 0 Å². The van der Waals surface area contributed by atoms with Crippen LogP contribution in [0.3, 0.4) is 0 Å². The van der Waals surface area contributed by atoms with Crippen LogP contribution >= 0.6 is 0 Å². The molecule has 4 atom stereocenters. The molecule has 0 spiro atoms. The zero-order valence-corrected chi connectivity index (χ0v) is 18.1. The van der Waals surface area contributed by atoms with E-state index in [1.807, 2.05) is 6.92 Å². The van der Waals surface area contributed by atoms with Gasteiger partial charge < -0.3 is 4.74 Å². The highest BCUT2D eigenvalue weighted by Crippen LogP contribution is 2.23. The van der Waals surface area contributed by atoms with Gasteiger partial charge in [0, 0.05) is 6.42 Å². The Morgan fingerprint density at radius 2 is 1.08 bits per heavy atom. The summed E-state index contributed by atoms with van der Waals surface area (Å²) in [5.41, 5.74) is 0. The molecule has 0 aromatic carbocycles. The molecule has 25 heavy (non-hydrogen) atoms. The molecule has 0 aliphatic rings. The van der Waals surface area contributed by atoms with Crippen molar-refractivity contribution in [1.82, 2.24) is 0 Å². The minimum Gasteiger partial charge on any atom is -0.466 e. The third-order valence-corrected chi connectivity index (χ3v) is 5.70. The number of esters is 1. The molecule has 0 radical (unpaired) electrons. The predicted molar refractivity (Wildman–Crippen MR) is 110 cm³/mol. The maximum Gasteiger partial charge on any atom is 0.306 e. The average molecular weight is 355 g/mol. The van der Waals surface area contributed by atoms with Crippen molar-refractivity contribution in [3.8, 4) is 0 Å². The molecule has 4 unspecified atom stereocenters. The second-order valence-electron chi connectivity index (χ2n) is 8.63. The molecule has 2 heteroatoms. The molecule has 0 saturated carbocycles. The molecule has 0 heterocycles. The molecule has 0 aromatic rings. The lowest BCUT2D eigenvalue weighted by atomic mass is 9.90. The van der Waals surface area contributed by atoms with Gasteiger partial charge in [-0.05, 0) is 30.6 Å². The highest BCUT2D eigenvalue weighted by Gasteiger charge is 2.11. The lowest BCUT2D eigenvalue weighted by Crippen LogP contribution is -2.09. The second-order valence-corrected chi connectivity index (χ2v) is 8.63. The number of ether oxygens (including phenoxy) is 1. The highest BCUT2D eigenvalue weighted by atomic mass is 16.5. The van der Waals surface area contributed by atoms with Gasteiger partial charge in [0.2, 0.25) is 0 Å². The molecular weight excluding hydrogens is 308 g/mol. The largest absolute Gasteiger partial charge is 0.466 e. The fourth-order valence-electron chi connectivity index (χ4n) is 3.54. The van der Waals surface area contributed by atoms with Crippen LogP contribution in [0.25, 0.3) is 0 Å². The van der Waals surface area contributed by atoms with Gasteiger partial charge in [-0.3, -0.25) is 4.79 Å². The van der Waals surface area contributed by atoms with E-state index in [0.717, 1.165) is 24.2 Å². The zero-order valence-electron chi connectivity index (χ0n) is 18.1. The topological polar surface area (TPSA) is 26.3 Å². The maximum absolute atomic E-state index is 11.5. The van der Waals surface area contributed by atoms with Gasteiger partial charge >= 0.3 is 5.97 Å². The van der Waals surface area contributed by atoms with Crippen LogP contribution in [0.1, 0.15) is 112 Å². The Bertz CT molecular complexity index is 313. The van der Waals surface area contributed by atoms with E-state index >= 15 is 0 Å².